The first-order valence-corrected chi connectivity index (χ1v) is 8.49. The Morgan fingerprint density at radius 2 is 1.96 bits per heavy atom. The van der Waals surface area contributed by atoms with Crippen molar-refractivity contribution in [3.05, 3.63) is 35.9 Å². The third kappa shape index (κ3) is 4.70. The van der Waals surface area contributed by atoms with Gasteiger partial charge in [0.25, 0.3) is 0 Å². The normalized spacial score (nSPS) is 22.6. The van der Waals surface area contributed by atoms with E-state index < -0.39 is 17.7 Å². The molecule has 1 aromatic rings. The van der Waals surface area contributed by atoms with Crippen molar-refractivity contribution in [1.29, 1.82) is 0 Å². The Morgan fingerprint density at radius 3 is 2.64 bits per heavy atom. The van der Waals surface area contributed by atoms with E-state index in [0.717, 1.165) is 5.56 Å². The van der Waals surface area contributed by atoms with Gasteiger partial charge in [-0.15, -0.1) is 0 Å². The Morgan fingerprint density at radius 1 is 1.24 bits per heavy atom. The first-order valence-electron chi connectivity index (χ1n) is 8.49. The number of ether oxygens (including phenoxy) is 3. The molecule has 2 saturated heterocycles. The summed E-state index contributed by atoms with van der Waals surface area (Å²) in [5.74, 6) is -0.896. The van der Waals surface area contributed by atoms with E-state index in [1.165, 1.54) is 0 Å². The number of amides is 1. The van der Waals surface area contributed by atoms with Crippen molar-refractivity contribution in [3.8, 4) is 0 Å². The molecule has 1 unspecified atom stereocenters. The maximum absolute atomic E-state index is 12.2. The van der Waals surface area contributed by atoms with Gasteiger partial charge in [-0.25, -0.2) is 4.79 Å². The third-order valence-corrected chi connectivity index (χ3v) is 4.63. The number of hydrogen-bond donors (Lipinski definition) is 1. The highest BCUT2D eigenvalue weighted by molar-refractivity contribution is 5.68. The summed E-state index contributed by atoms with van der Waals surface area (Å²) in [6.45, 7) is 2.02. The minimum absolute atomic E-state index is 0.0649. The molecule has 1 aromatic carbocycles. The molecule has 1 atom stereocenters. The van der Waals surface area contributed by atoms with E-state index in [1.54, 1.807) is 4.90 Å². The Balaban J connectivity index is 1.47. The Bertz CT molecular complexity index is 597. The van der Waals surface area contributed by atoms with Crippen molar-refractivity contribution in [2.45, 2.75) is 37.6 Å². The average Bonchev–Trinajstić information content (AvgIpc) is 2.61. The average molecular weight is 349 g/mol. The predicted octanol–water partition coefficient (Wildman–Crippen LogP) is 2.05. The summed E-state index contributed by atoms with van der Waals surface area (Å²) in [4.78, 5) is 24.7. The van der Waals surface area contributed by atoms with Gasteiger partial charge in [0.1, 0.15) is 6.61 Å². The summed E-state index contributed by atoms with van der Waals surface area (Å²) in [7, 11) is 0. The van der Waals surface area contributed by atoms with Crippen molar-refractivity contribution >= 4 is 12.1 Å². The number of carbonyl (C=O) groups is 2. The van der Waals surface area contributed by atoms with Gasteiger partial charge in [-0.05, 0) is 18.4 Å². The summed E-state index contributed by atoms with van der Waals surface area (Å²) in [6.07, 6.45) is 0.401. The van der Waals surface area contributed by atoms with Crippen LogP contribution in [0, 0.1) is 0 Å². The van der Waals surface area contributed by atoms with Crippen LogP contribution in [0.15, 0.2) is 30.3 Å². The van der Waals surface area contributed by atoms with Crippen molar-refractivity contribution in [1.82, 2.24) is 4.90 Å². The SMILES string of the molecule is O=C(O)CC1COCC2(CCN(C(=O)OCc3ccccc3)CC2)O1. The molecule has 25 heavy (non-hydrogen) atoms. The second kappa shape index (κ2) is 7.84. The molecule has 2 fully saturated rings. The lowest BCUT2D eigenvalue weighted by atomic mass is 9.91. The van der Waals surface area contributed by atoms with Gasteiger partial charge in [-0.2, -0.15) is 0 Å². The third-order valence-electron chi connectivity index (χ3n) is 4.63. The monoisotopic (exact) mass is 349 g/mol. The second-order valence-corrected chi connectivity index (χ2v) is 6.56. The molecule has 2 aliphatic heterocycles. The highest BCUT2D eigenvalue weighted by Gasteiger charge is 2.42. The van der Waals surface area contributed by atoms with Gasteiger partial charge in [0.15, 0.2) is 0 Å². The summed E-state index contributed by atoms with van der Waals surface area (Å²) in [5, 5.41) is 8.92. The Kier molecular flexibility index (Phi) is 5.55. The van der Waals surface area contributed by atoms with Crippen LogP contribution >= 0.6 is 0 Å². The molecule has 0 radical (unpaired) electrons. The smallest absolute Gasteiger partial charge is 0.410 e. The first kappa shape index (κ1) is 17.7. The molecular formula is C18H23NO6. The summed E-state index contributed by atoms with van der Waals surface area (Å²) >= 11 is 0. The van der Waals surface area contributed by atoms with Crippen LogP contribution in [0.3, 0.4) is 0 Å². The van der Waals surface area contributed by atoms with E-state index in [0.29, 0.717) is 39.1 Å². The van der Waals surface area contributed by atoms with Crippen LogP contribution in [-0.4, -0.2) is 60.1 Å². The standard InChI is InChI=1S/C18H23NO6/c20-16(21)10-15-12-23-13-18(25-15)6-8-19(9-7-18)17(22)24-11-14-4-2-1-3-5-14/h1-5,15H,6-13H2,(H,20,21). The van der Waals surface area contributed by atoms with Crippen molar-refractivity contribution in [2.75, 3.05) is 26.3 Å². The fourth-order valence-corrected chi connectivity index (χ4v) is 3.26. The Labute approximate surface area is 146 Å². The lowest BCUT2D eigenvalue weighted by Gasteiger charge is -2.45. The molecule has 0 aromatic heterocycles. The second-order valence-electron chi connectivity index (χ2n) is 6.56. The van der Waals surface area contributed by atoms with E-state index in [-0.39, 0.29) is 19.1 Å². The molecule has 2 aliphatic rings. The zero-order valence-corrected chi connectivity index (χ0v) is 14.1. The quantitative estimate of drug-likeness (QED) is 0.895. The summed E-state index contributed by atoms with van der Waals surface area (Å²) < 4.78 is 16.9. The number of aliphatic carboxylic acids is 1. The largest absolute Gasteiger partial charge is 0.481 e. The molecule has 0 saturated carbocycles. The molecule has 1 spiro atoms. The predicted molar refractivity (Wildman–Crippen MR) is 88.1 cm³/mol. The number of carboxylic acid groups (broad SMARTS) is 1. The van der Waals surface area contributed by atoms with Crippen molar-refractivity contribution in [3.63, 3.8) is 0 Å². The number of benzene rings is 1. The van der Waals surface area contributed by atoms with Gasteiger partial charge >= 0.3 is 12.1 Å². The highest BCUT2D eigenvalue weighted by atomic mass is 16.6. The summed E-state index contributed by atoms with van der Waals surface area (Å²) in [6, 6.07) is 9.55. The minimum Gasteiger partial charge on any atom is -0.481 e. The van der Waals surface area contributed by atoms with Crippen LogP contribution in [0.25, 0.3) is 0 Å². The molecule has 136 valence electrons. The maximum atomic E-state index is 12.2. The van der Waals surface area contributed by atoms with Gasteiger partial charge < -0.3 is 24.2 Å². The lowest BCUT2D eigenvalue weighted by molar-refractivity contribution is -0.216. The lowest BCUT2D eigenvalue weighted by Crippen LogP contribution is -2.55. The highest BCUT2D eigenvalue weighted by Crippen LogP contribution is 2.32. The van der Waals surface area contributed by atoms with Crippen LogP contribution in [0.1, 0.15) is 24.8 Å². The first-order chi connectivity index (χ1) is 12.1. The van der Waals surface area contributed by atoms with E-state index in [2.05, 4.69) is 0 Å². The van der Waals surface area contributed by atoms with E-state index in [1.807, 2.05) is 30.3 Å². The van der Waals surface area contributed by atoms with Gasteiger partial charge in [0, 0.05) is 13.1 Å². The molecule has 0 bridgehead atoms. The van der Waals surface area contributed by atoms with Crippen molar-refractivity contribution in [2.24, 2.45) is 0 Å². The molecule has 1 amide bonds. The molecule has 1 N–H and O–H groups in total. The molecule has 0 aliphatic carbocycles. The molecule has 7 nitrogen and oxygen atoms in total. The van der Waals surface area contributed by atoms with Crippen LogP contribution < -0.4 is 0 Å². The number of piperidine rings is 1. The van der Waals surface area contributed by atoms with Crippen molar-refractivity contribution < 1.29 is 28.9 Å². The molecule has 2 heterocycles. The molecule has 7 heteroatoms. The molecule has 3 rings (SSSR count). The van der Waals surface area contributed by atoms with Gasteiger partial charge in [0.2, 0.25) is 0 Å². The number of carboxylic acids is 1. The number of nitrogens with zero attached hydrogens (tertiary/aromatic N) is 1. The Hall–Kier alpha value is -2.12. The summed E-state index contributed by atoms with van der Waals surface area (Å²) in [5.41, 5.74) is 0.457. The molecular weight excluding hydrogens is 326 g/mol. The topological polar surface area (TPSA) is 85.3 Å². The minimum atomic E-state index is -0.896. The van der Waals surface area contributed by atoms with E-state index >= 15 is 0 Å². The zero-order chi connectivity index (χ0) is 17.7. The van der Waals surface area contributed by atoms with Crippen LogP contribution in [0.5, 0.6) is 0 Å². The fraction of sp³-hybridized carbons (Fsp3) is 0.556. The number of likely N-dealkylation sites (tertiary alicyclic amines) is 1. The van der Waals surface area contributed by atoms with E-state index in [9.17, 15) is 9.59 Å². The van der Waals surface area contributed by atoms with Crippen LogP contribution in [0.4, 0.5) is 4.79 Å². The number of carbonyl (C=O) groups excluding carboxylic acids is 1. The van der Waals surface area contributed by atoms with Gasteiger partial charge in [-0.1, -0.05) is 30.3 Å². The van der Waals surface area contributed by atoms with E-state index in [4.69, 9.17) is 19.3 Å². The fourth-order valence-electron chi connectivity index (χ4n) is 3.26. The van der Waals surface area contributed by atoms with Gasteiger partial charge in [0.05, 0.1) is 31.3 Å². The van der Waals surface area contributed by atoms with Gasteiger partial charge in [-0.3, -0.25) is 4.79 Å². The number of rotatable bonds is 4. The number of hydrogen-bond acceptors (Lipinski definition) is 5. The zero-order valence-electron chi connectivity index (χ0n) is 14.1. The van der Waals surface area contributed by atoms with Crippen LogP contribution in [0.2, 0.25) is 0 Å². The van der Waals surface area contributed by atoms with Crippen LogP contribution in [-0.2, 0) is 25.6 Å². The maximum Gasteiger partial charge on any atom is 0.410 e.